The molecule has 4 N–H and O–H groups in total. The van der Waals surface area contributed by atoms with E-state index in [-0.39, 0.29) is 24.0 Å². The molecule has 6 heteroatoms. The van der Waals surface area contributed by atoms with E-state index in [1.165, 1.54) is 0 Å². The zero-order valence-electron chi connectivity index (χ0n) is 27.4. The predicted molar refractivity (Wildman–Crippen MR) is 191 cm³/mol. The third-order valence-corrected chi connectivity index (χ3v) is 4.04. The maximum Gasteiger partial charge on any atom is 0.0659 e. The second-order valence-electron chi connectivity index (χ2n) is 5.91. The third-order valence-electron chi connectivity index (χ3n) is 4.04. The van der Waals surface area contributed by atoms with Gasteiger partial charge in [0.2, 0.25) is 0 Å². The second kappa shape index (κ2) is 38.1. The molecule has 42 heavy (non-hydrogen) atoms. The molecule has 2 aliphatic heterocycles. The van der Waals surface area contributed by atoms with Crippen LogP contribution >= 0.6 is 0 Å². The summed E-state index contributed by atoms with van der Waals surface area (Å²) < 4.78 is 0. The molecular formula is C36H56N4OV-8. The first-order chi connectivity index (χ1) is 19.8. The van der Waals surface area contributed by atoms with Crippen molar-refractivity contribution in [2.75, 3.05) is 0 Å². The van der Waals surface area contributed by atoms with Crippen molar-refractivity contribution in [2.24, 2.45) is 0 Å². The van der Waals surface area contributed by atoms with E-state index in [1.807, 2.05) is 42.5 Å². The van der Waals surface area contributed by atoms with Crippen LogP contribution in [0.1, 0.15) is 78.2 Å². The van der Waals surface area contributed by atoms with Crippen molar-refractivity contribution in [3.05, 3.63) is 127 Å². The van der Waals surface area contributed by atoms with Gasteiger partial charge in [0, 0.05) is 40.6 Å². The van der Waals surface area contributed by atoms with Crippen LogP contribution in [0.3, 0.4) is 0 Å². The van der Waals surface area contributed by atoms with Crippen molar-refractivity contribution in [2.45, 2.75) is 55.4 Å². The zero-order chi connectivity index (χ0) is 31.9. The number of aromatic nitrogens is 4. The summed E-state index contributed by atoms with van der Waals surface area (Å²) in [6, 6.07) is 16.4. The number of hydrogen-bond acceptors (Lipinski definition) is 2. The summed E-state index contributed by atoms with van der Waals surface area (Å²) in [4.78, 5) is 16.0. The van der Waals surface area contributed by atoms with E-state index < -0.39 is 0 Å². The quantitative estimate of drug-likeness (QED) is 0.171. The average Bonchev–Trinajstić information content (AvgIpc) is 3.88. The number of aromatic amines is 2. The Morgan fingerprint density at radius 3 is 0.857 bits per heavy atom. The summed E-state index contributed by atoms with van der Waals surface area (Å²) in [5.41, 5.74) is 7.86. The average molecular weight is 612 g/mol. The normalized spacial score (nSPS) is 8.38. The van der Waals surface area contributed by atoms with Crippen LogP contribution in [0.5, 0.6) is 0 Å². The van der Waals surface area contributed by atoms with Gasteiger partial charge in [0.15, 0.2) is 0 Å². The maximum absolute atomic E-state index is 4.62. The Hall–Kier alpha value is -2.86. The van der Waals surface area contributed by atoms with E-state index in [2.05, 4.69) is 106 Å². The van der Waals surface area contributed by atoms with Gasteiger partial charge in [0.1, 0.15) is 0 Å². The van der Waals surface area contributed by atoms with Crippen molar-refractivity contribution in [3.8, 4) is 0 Å². The summed E-state index contributed by atoms with van der Waals surface area (Å²) in [6.45, 7) is 40.0. The minimum absolute atomic E-state index is 0. The first-order valence-corrected chi connectivity index (χ1v) is 13.5. The van der Waals surface area contributed by atoms with Crippen molar-refractivity contribution in [3.63, 3.8) is 0 Å². The van der Waals surface area contributed by atoms with Gasteiger partial charge in [0.05, 0.1) is 22.8 Å². The number of nitrogens with zero attached hydrogens (tertiary/aromatic N) is 2. The molecule has 0 aromatic carbocycles. The van der Waals surface area contributed by atoms with Crippen LogP contribution < -0.4 is 0 Å². The third kappa shape index (κ3) is 20.1. The number of fused-ring (bicyclic) bond motifs is 8. The van der Waals surface area contributed by atoms with E-state index in [0.717, 1.165) is 44.8 Å². The van der Waals surface area contributed by atoms with E-state index in [9.17, 15) is 0 Å². The molecular weight excluding hydrogens is 555 g/mol. The van der Waals surface area contributed by atoms with Crippen LogP contribution in [0.15, 0.2) is 48.5 Å². The van der Waals surface area contributed by atoms with Gasteiger partial charge < -0.3 is 70.8 Å². The Kier molecular flexibility index (Phi) is 47.1. The molecule has 5 heterocycles. The van der Waals surface area contributed by atoms with Crippen LogP contribution in [-0.4, -0.2) is 25.4 Å². The first-order valence-electron chi connectivity index (χ1n) is 13.5. The molecule has 239 valence electrons. The van der Waals surface area contributed by atoms with Crippen LogP contribution in [0.2, 0.25) is 0 Å². The van der Waals surface area contributed by atoms with Gasteiger partial charge >= 0.3 is 0 Å². The fourth-order valence-corrected chi connectivity index (χ4v) is 2.94. The van der Waals surface area contributed by atoms with Gasteiger partial charge in [0.25, 0.3) is 0 Å². The molecule has 8 bridgehead atoms. The van der Waals surface area contributed by atoms with E-state index in [1.54, 1.807) is 55.4 Å². The molecule has 0 fully saturated rings. The Balaban J connectivity index is -0.000000158. The zero-order valence-corrected chi connectivity index (χ0v) is 28.8. The summed E-state index contributed by atoms with van der Waals surface area (Å²) >= 11 is 0. The Morgan fingerprint density at radius 2 is 0.595 bits per heavy atom. The summed E-state index contributed by atoms with van der Waals surface area (Å²) in [5, 5.41) is 0. The molecule has 5 rings (SSSR count). The summed E-state index contributed by atoms with van der Waals surface area (Å²) in [5.74, 6) is 0. The van der Waals surface area contributed by atoms with Crippen LogP contribution in [0.4, 0.5) is 0 Å². The van der Waals surface area contributed by atoms with Crippen LogP contribution in [-0.2, 0) is 18.6 Å². The molecule has 3 aromatic rings. The Morgan fingerprint density at radius 1 is 0.381 bits per heavy atom. The molecule has 0 saturated carbocycles. The van der Waals surface area contributed by atoms with E-state index in [4.69, 9.17) is 0 Å². The standard InChI is InChI=1S/C20H14N4.8C2H5.H2O.V/c1-2-14-10-16-5-6-18(23-16)12-20-8-7-19(24-20)11-17-4-3-15(22-17)9-13(1)21-14;8*1-2;;/h1-12,21-22H;8*1H2,2H3;1H2;/q;8*-1;;. The van der Waals surface area contributed by atoms with Crippen molar-refractivity contribution in [1.82, 2.24) is 19.9 Å². The molecule has 0 spiro atoms. The van der Waals surface area contributed by atoms with Gasteiger partial charge in [-0.15, -0.1) is 0 Å². The first kappa shape index (κ1) is 51.8. The molecule has 5 nitrogen and oxygen atoms in total. The summed E-state index contributed by atoms with van der Waals surface area (Å²) in [7, 11) is 0. The largest absolute Gasteiger partial charge is 0.412 e. The molecule has 0 aliphatic carbocycles. The van der Waals surface area contributed by atoms with Crippen LogP contribution in [0.25, 0.3) is 46.4 Å². The smallest absolute Gasteiger partial charge is 0.0659 e. The van der Waals surface area contributed by atoms with Gasteiger partial charge in [-0.25, -0.2) is 9.97 Å². The monoisotopic (exact) mass is 611 g/mol. The Labute approximate surface area is 271 Å². The number of rotatable bonds is 0. The molecule has 2 aliphatic rings. The van der Waals surface area contributed by atoms with Crippen molar-refractivity contribution >= 4 is 46.4 Å². The van der Waals surface area contributed by atoms with Crippen molar-refractivity contribution < 1.29 is 24.0 Å². The number of hydrogen-bond donors (Lipinski definition) is 2. The van der Waals surface area contributed by atoms with Crippen LogP contribution in [0, 0.1) is 55.4 Å². The topological polar surface area (TPSA) is 88.9 Å². The SMILES string of the molecule is C1=Cc2cc3ccc(cc4ccc(cc5nc(cc1n2)C=C5)[nH]4)[nH]3.O.[CH2-]C.[CH2-]C.[CH2-]C.[CH2-]C.[CH2-]C.[CH2-]C.[CH2-]C.[CH2-]C.[V]. The van der Waals surface area contributed by atoms with Gasteiger partial charge in [-0.05, 0) is 72.8 Å². The van der Waals surface area contributed by atoms with E-state index >= 15 is 0 Å². The summed E-state index contributed by atoms with van der Waals surface area (Å²) in [6.07, 6.45) is 8.05. The maximum atomic E-state index is 4.62. The molecule has 0 saturated heterocycles. The fourth-order valence-electron chi connectivity index (χ4n) is 2.94. The Bertz CT molecular complexity index is 1090. The molecule has 0 amide bonds. The molecule has 3 aromatic heterocycles. The van der Waals surface area contributed by atoms with Gasteiger partial charge in [-0.1, -0.05) is 0 Å². The molecule has 1 radical (unpaired) electrons. The van der Waals surface area contributed by atoms with Crippen molar-refractivity contribution in [1.29, 1.82) is 0 Å². The minimum atomic E-state index is 0. The van der Waals surface area contributed by atoms with E-state index in [0.29, 0.717) is 0 Å². The number of nitrogens with one attached hydrogen (secondary N) is 2. The second-order valence-corrected chi connectivity index (χ2v) is 5.91. The molecule has 0 atom stereocenters. The fraction of sp³-hybridized carbons (Fsp3) is 0.222. The molecule has 0 unspecified atom stereocenters. The van der Waals surface area contributed by atoms with Gasteiger partial charge in [-0.3, -0.25) is 0 Å². The minimum Gasteiger partial charge on any atom is -0.412 e. The predicted octanol–water partition coefficient (Wildman–Crippen LogP) is 10.6. The van der Waals surface area contributed by atoms with Gasteiger partial charge in [-0.2, -0.15) is 55.4 Å². The number of H-pyrrole nitrogens is 2.